The van der Waals surface area contributed by atoms with Gasteiger partial charge in [-0.15, -0.1) is 0 Å². The van der Waals surface area contributed by atoms with Gasteiger partial charge in [0.25, 0.3) is 5.91 Å². The van der Waals surface area contributed by atoms with Gasteiger partial charge >= 0.3 is 5.97 Å². The van der Waals surface area contributed by atoms with Crippen LogP contribution in [0.3, 0.4) is 0 Å². The molecule has 0 heterocycles. The second-order valence-corrected chi connectivity index (χ2v) is 8.74. The summed E-state index contributed by atoms with van der Waals surface area (Å²) in [5.74, 6) is 2.70. The molecular formula is C22H29NO6. The SMILES string of the molecule is COc1cc(NC(=O)COC(=O)C23CC4CC(CC(C4)C2)C3)cc(OC)c1OC. The highest BCUT2D eigenvalue weighted by Crippen LogP contribution is 2.60. The van der Waals surface area contributed by atoms with Crippen molar-refractivity contribution in [1.29, 1.82) is 0 Å². The van der Waals surface area contributed by atoms with Gasteiger partial charge in [-0.25, -0.2) is 0 Å². The number of esters is 1. The number of carbonyl (C=O) groups is 2. The molecule has 0 spiro atoms. The summed E-state index contributed by atoms with van der Waals surface area (Å²) in [6, 6.07) is 3.28. The molecule has 0 aromatic heterocycles. The molecule has 7 heteroatoms. The van der Waals surface area contributed by atoms with E-state index in [1.807, 2.05) is 0 Å². The van der Waals surface area contributed by atoms with E-state index in [9.17, 15) is 9.59 Å². The molecule has 1 amide bonds. The second kappa shape index (κ2) is 7.76. The largest absolute Gasteiger partial charge is 0.493 e. The number of methoxy groups -OCH3 is 3. The van der Waals surface area contributed by atoms with E-state index >= 15 is 0 Å². The van der Waals surface area contributed by atoms with Crippen molar-refractivity contribution in [3.8, 4) is 17.2 Å². The quantitative estimate of drug-likeness (QED) is 0.703. The van der Waals surface area contributed by atoms with E-state index in [1.165, 1.54) is 40.6 Å². The van der Waals surface area contributed by atoms with Crippen LogP contribution < -0.4 is 19.5 Å². The minimum absolute atomic E-state index is 0.198. The molecule has 5 rings (SSSR count). The lowest BCUT2D eigenvalue weighted by Gasteiger charge is -2.55. The van der Waals surface area contributed by atoms with E-state index in [-0.39, 0.29) is 18.0 Å². The van der Waals surface area contributed by atoms with Crippen LogP contribution in [0.25, 0.3) is 0 Å². The lowest BCUT2D eigenvalue weighted by atomic mass is 9.49. The van der Waals surface area contributed by atoms with Crippen LogP contribution in [0.4, 0.5) is 5.69 Å². The number of rotatable bonds is 7. The molecular weight excluding hydrogens is 374 g/mol. The Morgan fingerprint density at radius 1 is 0.931 bits per heavy atom. The third kappa shape index (κ3) is 3.74. The summed E-state index contributed by atoms with van der Waals surface area (Å²) in [6.07, 6.45) is 6.54. The summed E-state index contributed by atoms with van der Waals surface area (Å²) >= 11 is 0. The van der Waals surface area contributed by atoms with Gasteiger partial charge < -0.3 is 24.3 Å². The molecule has 4 aliphatic rings. The van der Waals surface area contributed by atoms with Gasteiger partial charge in [-0.3, -0.25) is 9.59 Å². The fourth-order valence-corrected chi connectivity index (χ4v) is 6.00. The summed E-state index contributed by atoms with van der Waals surface area (Å²) in [5.41, 5.74) is 0.122. The van der Waals surface area contributed by atoms with Crippen molar-refractivity contribution in [2.24, 2.45) is 23.2 Å². The van der Waals surface area contributed by atoms with E-state index in [0.29, 0.717) is 40.7 Å². The number of nitrogens with one attached hydrogen (secondary N) is 1. The molecule has 0 aliphatic heterocycles. The number of anilines is 1. The molecule has 4 fully saturated rings. The van der Waals surface area contributed by atoms with Crippen LogP contribution in [0.15, 0.2) is 12.1 Å². The van der Waals surface area contributed by atoms with Crippen molar-refractivity contribution in [2.45, 2.75) is 38.5 Å². The van der Waals surface area contributed by atoms with Gasteiger partial charge in [0, 0.05) is 17.8 Å². The third-order valence-electron chi connectivity index (χ3n) is 6.75. The van der Waals surface area contributed by atoms with E-state index in [4.69, 9.17) is 18.9 Å². The van der Waals surface area contributed by atoms with E-state index in [0.717, 1.165) is 19.3 Å². The number of hydrogen-bond donors (Lipinski definition) is 1. The summed E-state index contributed by atoms with van der Waals surface area (Å²) in [5, 5.41) is 2.74. The average Bonchev–Trinajstić information content (AvgIpc) is 2.70. The minimum atomic E-state index is -0.391. The van der Waals surface area contributed by atoms with Crippen LogP contribution in [0.5, 0.6) is 17.2 Å². The Morgan fingerprint density at radius 3 is 1.90 bits per heavy atom. The molecule has 0 radical (unpaired) electrons. The lowest BCUT2D eigenvalue weighted by Crippen LogP contribution is -2.50. The van der Waals surface area contributed by atoms with Crippen LogP contribution in [0.2, 0.25) is 0 Å². The first-order chi connectivity index (χ1) is 14.0. The fourth-order valence-electron chi connectivity index (χ4n) is 6.00. The van der Waals surface area contributed by atoms with Crippen molar-refractivity contribution >= 4 is 17.6 Å². The van der Waals surface area contributed by atoms with Crippen molar-refractivity contribution in [3.63, 3.8) is 0 Å². The Kier molecular flexibility index (Phi) is 5.32. The van der Waals surface area contributed by atoms with Gasteiger partial charge in [0.05, 0.1) is 26.7 Å². The van der Waals surface area contributed by atoms with E-state index < -0.39 is 5.91 Å². The highest BCUT2D eigenvalue weighted by molar-refractivity contribution is 5.94. The maximum Gasteiger partial charge on any atom is 0.312 e. The summed E-state index contributed by atoms with van der Waals surface area (Å²) in [4.78, 5) is 25.3. The molecule has 4 saturated carbocycles. The van der Waals surface area contributed by atoms with Crippen LogP contribution >= 0.6 is 0 Å². The van der Waals surface area contributed by atoms with Crippen LogP contribution in [0.1, 0.15) is 38.5 Å². The van der Waals surface area contributed by atoms with E-state index in [2.05, 4.69) is 5.32 Å². The maximum absolute atomic E-state index is 12.9. The number of amides is 1. The topological polar surface area (TPSA) is 83.1 Å². The van der Waals surface area contributed by atoms with Gasteiger partial charge in [-0.05, 0) is 56.3 Å². The first-order valence-electron chi connectivity index (χ1n) is 10.2. The maximum atomic E-state index is 12.9. The average molecular weight is 403 g/mol. The second-order valence-electron chi connectivity index (χ2n) is 8.74. The minimum Gasteiger partial charge on any atom is -0.493 e. The molecule has 1 aromatic rings. The highest BCUT2D eigenvalue weighted by atomic mass is 16.5. The van der Waals surface area contributed by atoms with Crippen molar-refractivity contribution < 1.29 is 28.5 Å². The van der Waals surface area contributed by atoms with Crippen molar-refractivity contribution in [1.82, 2.24) is 0 Å². The zero-order valence-electron chi connectivity index (χ0n) is 17.3. The monoisotopic (exact) mass is 403 g/mol. The van der Waals surface area contributed by atoms with E-state index in [1.54, 1.807) is 12.1 Å². The van der Waals surface area contributed by atoms with Gasteiger partial charge in [0.2, 0.25) is 5.75 Å². The molecule has 29 heavy (non-hydrogen) atoms. The first kappa shape index (κ1) is 19.9. The van der Waals surface area contributed by atoms with Gasteiger partial charge in [-0.1, -0.05) is 0 Å². The standard InChI is InChI=1S/C22H29NO6/c1-26-17-7-16(8-18(27-2)20(17)28-3)23-19(24)12-29-21(25)22-9-13-4-14(10-22)6-15(5-13)11-22/h7-8,13-15H,4-6,9-12H2,1-3H3,(H,23,24). The molecule has 0 atom stereocenters. The Hall–Kier alpha value is -2.44. The normalized spacial score (nSPS) is 29.3. The summed E-state index contributed by atoms with van der Waals surface area (Å²) < 4.78 is 21.4. The van der Waals surface area contributed by atoms with Crippen LogP contribution in [0, 0.1) is 23.2 Å². The smallest absolute Gasteiger partial charge is 0.312 e. The number of benzene rings is 1. The fraction of sp³-hybridized carbons (Fsp3) is 0.636. The molecule has 1 N–H and O–H groups in total. The zero-order valence-corrected chi connectivity index (χ0v) is 17.3. The number of hydrogen-bond acceptors (Lipinski definition) is 6. The number of carbonyl (C=O) groups excluding carboxylic acids is 2. The molecule has 0 saturated heterocycles. The first-order valence-corrected chi connectivity index (χ1v) is 10.2. The third-order valence-corrected chi connectivity index (χ3v) is 6.75. The van der Waals surface area contributed by atoms with Crippen molar-refractivity contribution in [3.05, 3.63) is 12.1 Å². The lowest BCUT2D eigenvalue weighted by molar-refractivity contribution is -0.172. The van der Waals surface area contributed by atoms with Gasteiger partial charge in [0.1, 0.15) is 0 Å². The molecule has 4 bridgehead atoms. The molecule has 1 aromatic carbocycles. The van der Waals surface area contributed by atoms with Crippen LogP contribution in [-0.4, -0.2) is 39.8 Å². The Bertz CT molecular complexity index is 744. The predicted molar refractivity (Wildman–Crippen MR) is 106 cm³/mol. The Balaban J connectivity index is 1.38. The molecule has 0 unspecified atom stereocenters. The summed E-state index contributed by atoms with van der Waals surface area (Å²) in [6.45, 7) is -0.294. The Morgan fingerprint density at radius 2 is 1.45 bits per heavy atom. The van der Waals surface area contributed by atoms with Gasteiger partial charge in [-0.2, -0.15) is 0 Å². The zero-order chi connectivity index (χ0) is 20.6. The predicted octanol–water partition coefficient (Wildman–Crippen LogP) is 3.41. The Labute approximate surface area is 171 Å². The van der Waals surface area contributed by atoms with Gasteiger partial charge in [0.15, 0.2) is 18.1 Å². The molecule has 158 valence electrons. The van der Waals surface area contributed by atoms with Crippen molar-refractivity contribution in [2.75, 3.05) is 33.3 Å². The number of ether oxygens (including phenoxy) is 4. The highest BCUT2D eigenvalue weighted by Gasteiger charge is 2.55. The molecule has 7 nitrogen and oxygen atoms in total. The molecule has 4 aliphatic carbocycles. The van der Waals surface area contributed by atoms with Crippen LogP contribution in [-0.2, 0) is 14.3 Å². The summed E-state index contributed by atoms with van der Waals surface area (Å²) in [7, 11) is 4.54.